The van der Waals surface area contributed by atoms with Crippen molar-refractivity contribution in [2.75, 3.05) is 0 Å². The minimum absolute atomic E-state index is 0.430. The number of imidazole rings is 1. The zero-order chi connectivity index (χ0) is 18.1. The van der Waals surface area contributed by atoms with Crippen molar-refractivity contribution < 1.29 is 0 Å². The molecule has 0 aliphatic carbocycles. The molecule has 0 saturated carbocycles. The van der Waals surface area contributed by atoms with Crippen molar-refractivity contribution in [2.24, 2.45) is 5.73 Å². The Hall–Kier alpha value is -2.54. The van der Waals surface area contributed by atoms with Gasteiger partial charge in [0.25, 0.3) is 0 Å². The number of hydrogen-bond acceptors (Lipinski definition) is 5. The topological polar surface area (TPSA) is 82.5 Å². The zero-order valence-electron chi connectivity index (χ0n) is 13.5. The predicted molar refractivity (Wildman–Crippen MR) is 100 cm³/mol. The van der Waals surface area contributed by atoms with Crippen LogP contribution < -0.4 is 5.73 Å². The van der Waals surface area contributed by atoms with E-state index < -0.39 is 6.04 Å². The van der Waals surface area contributed by atoms with Crippen LogP contribution >= 0.6 is 23.2 Å². The SMILES string of the molecule is NC(c1ccccn1)c1ncn(Cc2c(Cl)cccc2Cl)c2ncnc1-2. The molecule has 2 N–H and O–H groups in total. The molecule has 0 spiro atoms. The van der Waals surface area contributed by atoms with Crippen LogP contribution in [-0.2, 0) is 6.54 Å². The van der Waals surface area contributed by atoms with Crippen molar-refractivity contribution in [2.45, 2.75) is 12.6 Å². The molecule has 0 fully saturated rings. The minimum atomic E-state index is -0.492. The quantitative estimate of drug-likeness (QED) is 0.581. The van der Waals surface area contributed by atoms with E-state index in [1.54, 1.807) is 24.7 Å². The van der Waals surface area contributed by atoms with E-state index in [9.17, 15) is 0 Å². The molecule has 0 radical (unpaired) electrons. The molecular formula is C18H14Cl2N6. The number of pyridine rings is 1. The van der Waals surface area contributed by atoms with Gasteiger partial charge in [0.05, 0.1) is 30.3 Å². The molecule has 26 heavy (non-hydrogen) atoms. The Labute approximate surface area is 160 Å². The number of fused-ring (bicyclic) bond motifs is 1. The molecule has 0 saturated heterocycles. The van der Waals surface area contributed by atoms with Crippen LogP contribution in [-0.4, -0.2) is 24.5 Å². The van der Waals surface area contributed by atoms with Gasteiger partial charge in [-0.05, 0) is 24.3 Å². The smallest absolute Gasteiger partial charge is 0.163 e. The second kappa shape index (κ2) is 6.99. The summed E-state index contributed by atoms with van der Waals surface area (Å²) in [5, 5.41) is 1.18. The number of hydrogen-bond donors (Lipinski definition) is 1. The van der Waals surface area contributed by atoms with Crippen molar-refractivity contribution in [1.29, 1.82) is 0 Å². The molecule has 0 amide bonds. The van der Waals surface area contributed by atoms with Gasteiger partial charge in [-0.15, -0.1) is 0 Å². The van der Waals surface area contributed by atoms with Crippen molar-refractivity contribution in [1.82, 2.24) is 24.5 Å². The van der Waals surface area contributed by atoms with Gasteiger partial charge in [0, 0.05) is 21.8 Å². The third-order valence-corrected chi connectivity index (χ3v) is 4.83. The third kappa shape index (κ3) is 3.03. The van der Waals surface area contributed by atoms with Crippen LogP contribution in [0.2, 0.25) is 10.0 Å². The van der Waals surface area contributed by atoms with Crippen LogP contribution in [0.25, 0.3) is 11.5 Å². The monoisotopic (exact) mass is 384 g/mol. The van der Waals surface area contributed by atoms with Gasteiger partial charge >= 0.3 is 0 Å². The molecule has 2 aromatic rings. The molecule has 8 heteroatoms. The van der Waals surface area contributed by atoms with E-state index in [0.29, 0.717) is 33.8 Å². The first-order valence-corrected chi connectivity index (χ1v) is 8.66. The van der Waals surface area contributed by atoms with Crippen LogP contribution in [0, 0.1) is 0 Å². The molecule has 2 aliphatic heterocycles. The van der Waals surface area contributed by atoms with Crippen LogP contribution in [0.1, 0.15) is 23.0 Å². The van der Waals surface area contributed by atoms with Gasteiger partial charge in [-0.2, -0.15) is 0 Å². The van der Waals surface area contributed by atoms with Crippen LogP contribution in [0.4, 0.5) is 0 Å². The van der Waals surface area contributed by atoms with E-state index in [4.69, 9.17) is 28.9 Å². The largest absolute Gasteiger partial charge is 0.318 e. The van der Waals surface area contributed by atoms with Crippen LogP contribution in [0.3, 0.4) is 0 Å². The lowest BCUT2D eigenvalue weighted by atomic mass is 10.1. The van der Waals surface area contributed by atoms with Crippen molar-refractivity contribution in [3.63, 3.8) is 0 Å². The maximum atomic E-state index is 6.35. The Bertz CT molecular complexity index is 997. The fraction of sp³-hybridized carbons (Fsp3) is 0.111. The Kier molecular flexibility index (Phi) is 4.55. The molecule has 4 rings (SSSR count). The van der Waals surface area contributed by atoms with E-state index in [2.05, 4.69) is 19.9 Å². The standard InChI is InChI=1S/C18H14Cl2N6/c19-12-4-3-5-13(20)11(12)8-26-10-25-16(17-18(26)24-9-23-17)15(21)14-6-1-2-7-22-14/h1-7,9-10,15H,8,21H2. The molecule has 1 aromatic carbocycles. The van der Waals surface area contributed by atoms with E-state index in [1.165, 1.54) is 6.33 Å². The molecule has 1 aromatic heterocycles. The molecule has 3 heterocycles. The summed E-state index contributed by atoms with van der Waals surface area (Å²) < 4.78 is 1.85. The van der Waals surface area contributed by atoms with E-state index in [0.717, 1.165) is 11.3 Å². The maximum absolute atomic E-state index is 6.35. The Morgan fingerprint density at radius 2 is 1.77 bits per heavy atom. The number of rotatable bonds is 4. The van der Waals surface area contributed by atoms with E-state index >= 15 is 0 Å². The van der Waals surface area contributed by atoms with Crippen LogP contribution in [0.5, 0.6) is 0 Å². The van der Waals surface area contributed by atoms with Crippen LogP contribution in [0.15, 0.2) is 55.2 Å². The van der Waals surface area contributed by atoms with Gasteiger partial charge < -0.3 is 10.3 Å². The molecule has 0 bridgehead atoms. The summed E-state index contributed by atoms with van der Waals surface area (Å²) in [4.78, 5) is 17.5. The van der Waals surface area contributed by atoms with Crippen molar-refractivity contribution in [3.05, 3.63) is 82.2 Å². The summed E-state index contributed by atoms with van der Waals surface area (Å²) in [6.45, 7) is 0.430. The fourth-order valence-electron chi connectivity index (χ4n) is 2.80. The lowest BCUT2D eigenvalue weighted by molar-refractivity contribution is 0.720. The maximum Gasteiger partial charge on any atom is 0.163 e. The highest BCUT2D eigenvalue weighted by Gasteiger charge is 2.23. The Morgan fingerprint density at radius 3 is 2.50 bits per heavy atom. The normalized spacial score (nSPS) is 12.4. The van der Waals surface area contributed by atoms with Gasteiger partial charge in [-0.25, -0.2) is 15.0 Å². The average Bonchev–Trinajstić information content (AvgIpc) is 3.15. The zero-order valence-corrected chi connectivity index (χ0v) is 15.1. The fourth-order valence-corrected chi connectivity index (χ4v) is 3.31. The second-order valence-electron chi connectivity index (χ2n) is 5.74. The lowest BCUT2D eigenvalue weighted by Crippen LogP contribution is -2.19. The highest BCUT2D eigenvalue weighted by atomic mass is 35.5. The van der Waals surface area contributed by atoms with E-state index in [1.807, 2.05) is 28.8 Å². The second-order valence-corrected chi connectivity index (χ2v) is 6.55. The highest BCUT2D eigenvalue weighted by Crippen LogP contribution is 2.30. The third-order valence-electron chi connectivity index (χ3n) is 4.12. The first-order chi connectivity index (χ1) is 12.6. The number of halogens is 2. The van der Waals surface area contributed by atoms with Crippen molar-refractivity contribution in [3.8, 4) is 11.5 Å². The molecule has 130 valence electrons. The first kappa shape index (κ1) is 16.9. The van der Waals surface area contributed by atoms with Gasteiger partial charge in [0.2, 0.25) is 0 Å². The first-order valence-electron chi connectivity index (χ1n) is 7.90. The number of nitrogens with zero attached hydrogens (tertiary/aromatic N) is 5. The molecule has 1 unspecified atom stereocenters. The summed E-state index contributed by atoms with van der Waals surface area (Å²) in [5.41, 5.74) is 9.12. The summed E-state index contributed by atoms with van der Waals surface area (Å²) in [6, 6.07) is 10.5. The molecule has 2 aliphatic rings. The summed E-state index contributed by atoms with van der Waals surface area (Å²) in [5.74, 6) is 0.664. The summed E-state index contributed by atoms with van der Waals surface area (Å²) >= 11 is 12.6. The van der Waals surface area contributed by atoms with E-state index in [-0.39, 0.29) is 0 Å². The number of aromatic nitrogens is 5. The minimum Gasteiger partial charge on any atom is -0.318 e. The Balaban J connectivity index is 1.75. The van der Waals surface area contributed by atoms with Crippen molar-refractivity contribution >= 4 is 23.2 Å². The van der Waals surface area contributed by atoms with Gasteiger partial charge in [0.15, 0.2) is 5.82 Å². The average molecular weight is 385 g/mol. The predicted octanol–water partition coefficient (Wildman–Crippen LogP) is 3.58. The number of nitrogens with two attached hydrogens (primary N) is 1. The van der Waals surface area contributed by atoms with Gasteiger partial charge in [-0.1, -0.05) is 35.3 Å². The highest BCUT2D eigenvalue weighted by molar-refractivity contribution is 6.35. The summed E-state index contributed by atoms with van der Waals surface area (Å²) in [7, 11) is 0. The number of benzene rings is 1. The summed E-state index contributed by atoms with van der Waals surface area (Å²) in [6.07, 6.45) is 4.87. The molecular weight excluding hydrogens is 371 g/mol. The lowest BCUT2D eigenvalue weighted by Gasteiger charge is -2.17. The molecule has 6 nitrogen and oxygen atoms in total. The van der Waals surface area contributed by atoms with Gasteiger partial charge in [-0.3, -0.25) is 4.98 Å². The van der Waals surface area contributed by atoms with Gasteiger partial charge in [0.1, 0.15) is 12.0 Å². The Morgan fingerprint density at radius 1 is 0.962 bits per heavy atom. The molecule has 1 atom stereocenters.